The number of rotatable bonds is 6. The van der Waals surface area contributed by atoms with Gasteiger partial charge in [0.25, 0.3) is 0 Å². The van der Waals surface area contributed by atoms with E-state index in [1.54, 1.807) is 11.1 Å². The maximum atomic E-state index is 2.29. The van der Waals surface area contributed by atoms with E-state index in [-0.39, 0.29) is 0 Å². The van der Waals surface area contributed by atoms with E-state index < -0.39 is 0 Å². The third-order valence-electron chi connectivity index (χ3n) is 2.46. The molecule has 0 rings (SSSR count). The second-order valence-corrected chi connectivity index (χ2v) is 3.41. The minimum atomic E-state index is 1.26. The molecule has 0 saturated carbocycles. The van der Waals surface area contributed by atoms with Crippen LogP contribution in [0.15, 0.2) is 11.1 Å². The maximum absolute atomic E-state index is 2.29. The van der Waals surface area contributed by atoms with Crippen molar-refractivity contribution >= 4 is 0 Å². The van der Waals surface area contributed by atoms with Gasteiger partial charge in [0.15, 0.2) is 0 Å². The van der Waals surface area contributed by atoms with Crippen LogP contribution in [-0.4, -0.2) is 0 Å². The van der Waals surface area contributed by atoms with Crippen LogP contribution in [0, 0.1) is 0 Å². The van der Waals surface area contributed by atoms with Crippen LogP contribution in [0.1, 0.15) is 66.2 Å². The Bertz CT molecular complexity index is 115. The largest absolute Gasteiger partial charge is 0.0713 e. The van der Waals surface area contributed by atoms with E-state index in [9.17, 15) is 0 Å². The molecule has 0 heterocycles. The molecular formula is C12H24. The lowest BCUT2D eigenvalue weighted by Crippen LogP contribution is -1.90. The monoisotopic (exact) mass is 168 g/mol. The lowest BCUT2D eigenvalue weighted by molar-refractivity contribution is 0.775. The first kappa shape index (κ1) is 11.7. The SMILES string of the molecule is CCCC(CC)=C(CC)CCC. The standard InChI is InChI=1S/C12H24/c1-5-9-11(7-3)12(8-4)10-6-2/h5-10H2,1-4H3. The van der Waals surface area contributed by atoms with Crippen LogP contribution >= 0.6 is 0 Å². The van der Waals surface area contributed by atoms with Gasteiger partial charge in [-0.05, 0) is 25.7 Å². The van der Waals surface area contributed by atoms with Crippen molar-refractivity contribution in [3.63, 3.8) is 0 Å². The summed E-state index contributed by atoms with van der Waals surface area (Å²) in [5.41, 5.74) is 3.45. The average Bonchev–Trinajstić information content (AvgIpc) is 2.11. The highest BCUT2D eigenvalue weighted by atomic mass is 14.1. The highest BCUT2D eigenvalue weighted by molar-refractivity contribution is 5.13. The van der Waals surface area contributed by atoms with Crippen molar-refractivity contribution in [2.45, 2.75) is 66.2 Å². The highest BCUT2D eigenvalue weighted by Gasteiger charge is 2.01. The van der Waals surface area contributed by atoms with Gasteiger partial charge in [-0.15, -0.1) is 0 Å². The Morgan fingerprint density at radius 3 is 1.17 bits per heavy atom. The quantitative estimate of drug-likeness (QED) is 0.504. The van der Waals surface area contributed by atoms with Crippen LogP contribution in [0.2, 0.25) is 0 Å². The van der Waals surface area contributed by atoms with Gasteiger partial charge in [0.1, 0.15) is 0 Å². The van der Waals surface area contributed by atoms with Crippen LogP contribution in [0.3, 0.4) is 0 Å². The Kier molecular flexibility index (Phi) is 7.23. The molecule has 0 bridgehead atoms. The van der Waals surface area contributed by atoms with E-state index in [1.807, 2.05) is 0 Å². The van der Waals surface area contributed by atoms with E-state index in [0.29, 0.717) is 0 Å². The average molecular weight is 168 g/mol. The zero-order valence-corrected chi connectivity index (χ0v) is 9.24. The molecule has 0 radical (unpaired) electrons. The summed E-state index contributed by atoms with van der Waals surface area (Å²) < 4.78 is 0. The lowest BCUT2D eigenvalue weighted by Gasteiger charge is -2.11. The summed E-state index contributed by atoms with van der Waals surface area (Å²) in [5.74, 6) is 0. The number of hydrogen-bond donors (Lipinski definition) is 0. The molecule has 12 heavy (non-hydrogen) atoms. The Morgan fingerprint density at radius 2 is 1.00 bits per heavy atom. The molecule has 0 fully saturated rings. The Balaban J connectivity index is 4.26. The highest BCUT2D eigenvalue weighted by Crippen LogP contribution is 2.21. The second-order valence-electron chi connectivity index (χ2n) is 3.41. The molecule has 0 aromatic heterocycles. The van der Waals surface area contributed by atoms with Crippen molar-refractivity contribution in [2.75, 3.05) is 0 Å². The van der Waals surface area contributed by atoms with Gasteiger partial charge in [0.2, 0.25) is 0 Å². The number of hydrogen-bond acceptors (Lipinski definition) is 0. The Morgan fingerprint density at radius 1 is 0.667 bits per heavy atom. The summed E-state index contributed by atoms with van der Waals surface area (Å²) in [7, 11) is 0. The van der Waals surface area contributed by atoms with Crippen LogP contribution in [-0.2, 0) is 0 Å². The van der Waals surface area contributed by atoms with Crippen LogP contribution in [0.5, 0.6) is 0 Å². The first-order chi connectivity index (χ1) is 5.79. The summed E-state index contributed by atoms with van der Waals surface area (Å²) in [4.78, 5) is 0. The first-order valence-corrected chi connectivity index (χ1v) is 5.49. The summed E-state index contributed by atoms with van der Waals surface area (Å²) in [6.07, 6.45) is 7.76. The molecular weight excluding hydrogens is 144 g/mol. The minimum Gasteiger partial charge on any atom is -0.0713 e. The topological polar surface area (TPSA) is 0 Å². The summed E-state index contributed by atoms with van der Waals surface area (Å²) in [6.45, 7) is 9.12. The molecule has 0 aromatic rings. The third kappa shape index (κ3) is 3.94. The molecule has 72 valence electrons. The van der Waals surface area contributed by atoms with Crippen LogP contribution < -0.4 is 0 Å². The molecule has 0 aliphatic carbocycles. The molecule has 0 nitrogen and oxygen atoms in total. The molecule has 0 heteroatoms. The van der Waals surface area contributed by atoms with Crippen molar-refractivity contribution in [1.82, 2.24) is 0 Å². The molecule has 0 N–H and O–H groups in total. The van der Waals surface area contributed by atoms with E-state index in [0.717, 1.165) is 0 Å². The fraction of sp³-hybridized carbons (Fsp3) is 0.833. The van der Waals surface area contributed by atoms with Crippen molar-refractivity contribution in [2.24, 2.45) is 0 Å². The maximum Gasteiger partial charge on any atom is -0.0320 e. The van der Waals surface area contributed by atoms with Crippen LogP contribution in [0.25, 0.3) is 0 Å². The first-order valence-electron chi connectivity index (χ1n) is 5.49. The second kappa shape index (κ2) is 7.39. The zero-order chi connectivity index (χ0) is 9.40. The lowest BCUT2D eigenvalue weighted by atomic mass is 9.96. The number of allylic oxidation sites excluding steroid dienone is 2. The summed E-state index contributed by atoms with van der Waals surface area (Å²) in [5, 5.41) is 0. The fourth-order valence-electron chi connectivity index (χ4n) is 1.81. The van der Waals surface area contributed by atoms with Gasteiger partial charge in [0, 0.05) is 0 Å². The molecule has 0 saturated heterocycles. The van der Waals surface area contributed by atoms with E-state index in [1.165, 1.54) is 38.5 Å². The molecule has 0 aliphatic rings. The molecule has 0 aromatic carbocycles. The minimum absolute atomic E-state index is 1.26. The predicted molar refractivity (Wildman–Crippen MR) is 57.4 cm³/mol. The van der Waals surface area contributed by atoms with Crippen LogP contribution in [0.4, 0.5) is 0 Å². The predicted octanol–water partition coefficient (Wildman–Crippen LogP) is 4.70. The zero-order valence-electron chi connectivity index (χ0n) is 9.24. The van der Waals surface area contributed by atoms with Crippen molar-refractivity contribution in [1.29, 1.82) is 0 Å². The Hall–Kier alpha value is -0.260. The molecule has 0 spiro atoms. The van der Waals surface area contributed by atoms with Gasteiger partial charge in [-0.2, -0.15) is 0 Å². The molecule has 0 amide bonds. The van der Waals surface area contributed by atoms with Gasteiger partial charge in [-0.1, -0.05) is 51.7 Å². The van der Waals surface area contributed by atoms with E-state index >= 15 is 0 Å². The van der Waals surface area contributed by atoms with Gasteiger partial charge in [-0.3, -0.25) is 0 Å². The molecule has 0 unspecified atom stereocenters. The van der Waals surface area contributed by atoms with Crippen molar-refractivity contribution in [3.05, 3.63) is 11.1 Å². The smallest absolute Gasteiger partial charge is 0.0320 e. The van der Waals surface area contributed by atoms with Gasteiger partial charge < -0.3 is 0 Å². The fourth-order valence-corrected chi connectivity index (χ4v) is 1.81. The van der Waals surface area contributed by atoms with Gasteiger partial charge in [0.05, 0.1) is 0 Å². The molecule has 0 aliphatic heterocycles. The third-order valence-corrected chi connectivity index (χ3v) is 2.46. The summed E-state index contributed by atoms with van der Waals surface area (Å²) >= 11 is 0. The normalized spacial score (nSPS) is 13.0. The van der Waals surface area contributed by atoms with E-state index in [2.05, 4.69) is 27.7 Å². The van der Waals surface area contributed by atoms with Crippen molar-refractivity contribution in [3.8, 4) is 0 Å². The summed E-state index contributed by atoms with van der Waals surface area (Å²) in [6, 6.07) is 0. The Labute approximate surface area is 78.1 Å². The van der Waals surface area contributed by atoms with Crippen molar-refractivity contribution < 1.29 is 0 Å². The van der Waals surface area contributed by atoms with Gasteiger partial charge in [-0.25, -0.2) is 0 Å². The van der Waals surface area contributed by atoms with E-state index in [4.69, 9.17) is 0 Å². The van der Waals surface area contributed by atoms with Gasteiger partial charge >= 0.3 is 0 Å². The molecule has 0 atom stereocenters.